The number of unbranched alkanes of at least 4 members (excludes halogenated alkanes) is 9. The second kappa shape index (κ2) is 16.1. The highest BCUT2D eigenvalue weighted by Crippen LogP contribution is 2.50. The maximum Gasteiger partial charge on any atom is 0.217 e. The lowest BCUT2D eigenvalue weighted by atomic mass is 9.95. The van der Waals surface area contributed by atoms with Gasteiger partial charge >= 0.3 is 0 Å². The molecule has 1 unspecified atom stereocenters. The first-order chi connectivity index (χ1) is 19.4. The number of ether oxygens (including phenoxy) is 3. The zero-order chi connectivity index (χ0) is 28.9. The highest BCUT2D eigenvalue weighted by Gasteiger charge is 2.29. The van der Waals surface area contributed by atoms with Crippen molar-refractivity contribution in [2.75, 3.05) is 33.2 Å². The summed E-state index contributed by atoms with van der Waals surface area (Å²) in [6.07, 6.45) is 14.0. The number of amides is 1. The van der Waals surface area contributed by atoms with Gasteiger partial charge < -0.3 is 24.8 Å². The summed E-state index contributed by atoms with van der Waals surface area (Å²) in [5.74, 6) is 1.50. The van der Waals surface area contributed by atoms with Crippen molar-refractivity contribution in [1.29, 1.82) is 0 Å². The summed E-state index contributed by atoms with van der Waals surface area (Å²) in [5, 5.41) is 6.43. The molecule has 0 bridgehead atoms. The van der Waals surface area contributed by atoms with Crippen LogP contribution in [0.2, 0.25) is 0 Å². The summed E-state index contributed by atoms with van der Waals surface area (Å²) in [7, 11) is 4.79. The molecule has 1 aliphatic carbocycles. The molecule has 0 radical (unpaired) electrons. The average Bonchev–Trinajstić information content (AvgIpc) is 3.19. The second-order valence-corrected chi connectivity index (χ2v) is 10.7. The fraction of sp³-hybridized carbons (Fsp3) is 0.576. The lowest BCUT2D eigenvalue weighted by Crippen LogP contribution is -2.26. The predicted molar refractivity (Wildman–Crippen MR) is 163 cm³/mol. The molecular formula is C33H48N2O5. The van der Waals surface area contributed by atoms with E-state index in [1.54, 1.807) is 27.4 Å². The van der Waals surface area contributed by atoms with Crippen molar-refractivity contribution in [3.63, 3.8) is 0 Å². The number of nitrogens with one attached hydrogen (secondary N) is 2. The summed E-state index contributed by atoms with van der Waals surface area (Å²) >= 11 is 0. The molecule has 0 saturated carbocycles. The Bertz CT molecular complexity index is 1180. The summed E-state index contributed by atoms with van der Waals surface area (Å²) in [5.41, 5.74) is 3.96. The van der Waals surface area contributed by atoms with E-state index in [-0.39, 0.29) is 17.4 Å². The van der Waals surface area contributed by atoms with E-state index in [1.165, 1.54) is 58.3 Å². The SMILES string of the molecule is CCCCCCCCCCCCNc1ccc2c(cc1=O)C(NC(C)=O)CCc1cc(OC)c(OC)c(OC)c1-2. The lowest BCUT2D eigenvalue weighted by molar-refractivity contribution is -0.119. The molecule has 0 heterocycles. The first-order valence-corrected chi connectivity index (χ1v) is 15.0. The molecule has 0 aliphatic heterocycles. The van der Waals surface area contributed by atoms with E-state index in [9.17, 15) is 9.59 Å². The third kappa shape index (κ3) is 8.15. The van der Waals surface area contributed by atoms with Gasteiger partial charge in [-0.25, -0.2) is 0 Å². The van der Waals surface area contributed by atoms with Gasteiger partial charge in [-0.15, -0.1) is 0 Å². The van der Waals surface area contributed by atoms with E-state index in [0.717, 1.165) is 41.6 Å². The highest BCUT2D eigenvalue weighted by molar-refractivity contribution is 5.83. The molecule has 0 saturated heterocycles. The Hall–Kier alpha value is -3.22. The Balaban J connectivity index is 1.82. The maximum absolute atomic E-state index is 13.4. The van der Waals surface area contributed by atoms with Crippen LogP contribution in [0, 0.1) is 0 Å². The molecular weight excluding hydrogens is 504 g/mol. The lowest BCUT2D eigenvalue weighted by Gasteiger charge is -2.19. The van der Waals surface area contributed by atoms with Crippen LogP contribution in [-0.2, 0) is 11.2 Å². The largest absolute Gasteiger partial charge is 0.493 e. The highest BCUT2D eigenvalue weighted by atomic mass is 16.5. The topological polar surface area (TPSA) is 85.9 Å². The van der Waals surface area contributed by atoms with Crippen LogP contribution < -0.4 is 30.3 Å². The molecule has 2 aromatic carbocycles. The van der Waals surface area contributed by atoms with E-state index < -0.39 is 0 Å². The van der Waals surface area contributed by atoms with Gasteiger partial charge in [0.2, 0.25) is 17.1 Å². The average molecular weight is 553 g/mol. The van der Waals surface area contributed by atoms with Gasteiger partial charge in [0.15, 0.2) is 11.5 Å². The molecule has 2 aromatic rings. The van der Waals surface area contributed by atoms with Gasteiger partial charge in [-0.05, 0) is 54.2 Å². The standard InChI is InChI=1S/C33H48N2O5/c1-6-7-8-9-10-11-12-13-14-15-20-34-28-19-17-25-26(22-29(28)37)27(35-23(2)36)18-16-24-21-30(38-3)32(39-4)33(40-5)31(24)25/h17,19,21-22,27H,6-16,18,20H2,1-5H3,(H,34,37)(H,35,36). The molecule has 40 heavy (non-hydrogen) atoms. The predicted octanol–water partition coefficient (Wildman–Crippen LogP) is 7.20. The molecule has 2 N–H and O–H groups in total. The van der Waals surface area contributed by atoms with Crippen molar-refractivity contribution < 1.29 is 19.0 Å². The van der Waals surface area contributed by atoms with Gasteiger partial charge in [0.05, 0.1) is 33.1 Å². The van der Waals surface area contributed by atoms with Crippen molar-refractivity contribution >= 4 is 11.6 Å². The second-order valence-electron chi connectivity index (χ2n) is 10.7. The number of hydrogen-bond acceptors (Lipinski definition) is 6. The van der Waals surface area contributed by atoms with Gasteiger partial charge in [0, 0.05) is 19.0 Å². The number of methoxy groups -OCH3 is 3. The van der Waals surface area contributed by atoms with Gasteiger partial charge in [-0.3, -0.25) is 9.59 Å². The molecule has 7 nitrogen and oxygen atoms in total. The summed E-state index contributed by atoms with van der Waals surface area (Å²) in [6.45, 7) is 4.51. The van der Waals surface area contributed by atoms with Crippen LogP contribution in [-0.4, -0.2) is 33.8 Å². The molecule has 7 heteroatoms. The molecule has 3 rings (SSSR count). The fourth-order valence-corrected chi connectivity index (χ4v) is 5.69. The van der Waals surface area contributed by atoms with E-state index in [4.69, 9.17) is 14.2 Å². The monoisotopic (exact) mass is 552 g/mol. The van der Waals surface area contributed by atoms with Crippen LogP contribution in [0.1, 0.15) is 102 Å². The Kier molecular flexibility index (Phi) is 12.6. The first kappa shape index (κ1) is 31.3. The minimum atomic E-state index is -0.309. The Morgan fingerprint density at radius 3 is 2.12 bits per heavy atom. The number of anilines is 1. The number of carbonyl (C=O) groups is 1. The fourth-order valence-electron chi connectivity index (χ4n) is 5.69. The number of aryl methyl sites for hydroxylation is 1. The molecule has 1 aliphatic rings. The van der Waals surface area contributed by atoms with Crippen LogP contribution in [0.25, 0.3) is 11.1 Å². The molecule has 1 atom stereocenters. The van der Waals surface area contributed by atoms with Crippen LogP contribution in [0.3, 0.4) is 0 Å². The number of fused-ring (bicyclic) bond motifs is 3. The molecule has 1 amide bonds. The normalized spacial score (nSPS) is 14.0. The molecule has 0 fully saturated rings. The van der Waals surface area contributed by atoms with Gasteiger partial charge in [-0.1, -0.05) is 70.8 Å². The van der Waals surface area contributed by atoms with Crippen LogP contribution >= 0.6 is 0 Å². The zero-order valence-electron chi connectivity index (χ0n) is 25.1. The van der Waals surface area contributed by atoms with Crippen LogP contribution in [0.5, 0.6) is 17.2 Å². The Labute approximate surface area is 240 Å². The summed E-state index contributed by atoms with van der Waals surface area (Å²) in [4.78, 5) is 25.5. The van der Waals surface area contributed by atoms with Gasteiger partial charge in [0.1, 0.15) is 0 Å². The van der Waals surface area contributed by atoms with E-state index in [2.05, 4.69) is 17.6 Å². The van der Waals surface area contributed by atoms with Crippen molar-refractivity contribution in [3.05, 3.63) is 45.6 Å². The molecule has 220 valence electrons. The minimum Gasteiger partial charge on any atom is -0.493 e. The Morgan fingerprint density at radius 1 is 0.875 bits per heavy atom. The van der Waals surface area contributed by atoms with Crippen molar-refractivity contribution in [2.24, 2.45) is 0 Å². The van der Waals surface area contributed by atoms with E-state index in [0.29, 0.717) is 35.8 Å². The van der Waals surface area contributed by atoms with Crippen molar-refractivity contribution in [1.82, 2.24) is 5.32 Å². The third-order valence-corrected chi connectivity index (χ3v) is 7.76. The third-order valence-electron chi connectivity index (χ3n) is 7.76. The molecule has 0 spiro atoms. The van der Waals surface area contributed by atoms with Crippen molar-refractivity contribution in [2.45, 2.75) is 96.9 Å². The number of benzene rings is 1. The number of hydrogen-bond donors (Lipinski definition) is 2. The van der Waals surface area contributed by atoms with Gasteiger partial charge in [-0.2, -0.15) is 0 Å². The zero-order valence-corrected chi connectivity index (χ0v) is 25.1. The van der Waals surface area contributed by atoms with Crippen LogP contribution in [0.15, 0.2) is 29.1 Å². The minimum absolute atomic E-state index is 0.0911. The number of carbonyl (C=O) groups excluding carboxylic acids is 1. The summed E-state index contributed by atoms with van der Waals surface area (Å²) in [6, 6.07) is 7.14. The maximum atomic E-state index is 13.4. The number of rotatable bonds is 16. The smallest absolute Gasteiger partial charge is 0.217 e. The van der Waals surface area contributed by atoms with E-state index >= 15 is 0 Å². The van der Waals surface area contributed by atoms with Gasteiger partial charge in [0.25, 0.3) is 0 Å². The quantitative estimate of drug-likeness (QED) is 0.214. The van der Waals surface area contributed by atoms with E-state index in [1.807, 2.05) is 18.2 Å². The van der Waals surface area contributed by atoms with Crippen molar-refractivity contribution in [3.8, 4) is 28.4 Å². The Morgan fingerprint density at radius 2 is 1.52 bits per heavy atom. The first-order valence-electron chi connectivity index (χ1n) is 15.0. The molecule has 0 aromatic heterocycles. The van der Waals surface area contributed by atoms with Crippen LogP contribution in [0.4, 0.5) is 5.69 Å². The summed E-state index contributed by atoms with van der Waals surface area (Å²) < 4.78 is 17.1.